The van der Waals surface area contributed by atoms with Crippen LogP contribution < -0.4 is 49.0 Å². The highest BCUT2D eigenvalue weighted by atomic mass is 16.3. The average molecular weight is 1770 g/mol. The lowest BCUT2D eigenvalue weighted by Crippen LogP contribution is -2.42. The Hall–Kier alpha value is -15.3. The molecule has 5 aliphatic rings. The fourth-order valence-corrected chi connectivity index (χ4v) is 20.6. The van der Waals surface area contributed by atoms with Gasteiger partial charge < -0.3 is 56.4 Å². The Morgan fingerprint density at radius 3 is 0.744 bits per heavy atom. The molecule has 0 saturated carbocycles. The van der Waals surface area contributed by atoms with Crippen molar-refractivity contribution < 1.29 is 31.7 Å². The molecule has 133 heavy (non-hydrogen) atoms. The summed E-state index contributed by atoms with van der Waals surface area (Å²) in [5.74, 6) is 5.50. The molecule has 0 aliphatic carbocycles. The molecule has 0 spiro atoms. The molecule has 0 radical (unpaired) electrons. The minimum Gasteiger partial charge on any atom is -0.454 e. The number of hydrogen-bond acceptors (Lipinski definition) is 23. The Labute approximate surface area is 782 Å². The Morgan fingerprint density at radius 2 is 0.466 bits per heavy atom. The number of pyridine rings is 2. The topological polar surface area (TPSA) is 201 Å². The quantitative estimate of drug-likeness (QED) is 0.132. The van der Waals surface area contributed by atoms with E-state index < -0.39 is 37.2 Å². The minimum atomic E-state index is -2.34. The van der Waals surface area contributed by atoms with Crippen LogP contribution in [-0.4, -0.2) is 102 Å². The highest BCUT2D eigenvalue weighted by Crippen LogP contribution is 2.55. The molecule has 20 aromatic rings. The van der Waals surface area contributed by atoms with E-state index in [9.17, 15) is 0 Å². The number of fused-ring (bicyclic) bond motifs is 20. The molecule has 23 heteroatoms. The first-order chi connectivity index (χ1) is 66.9. The van der Waals surface area contributed by atoms with Gasteiger partial charge in [0.1, 0.15) is 58.7 Å². The number of aryl methyl sites for hydroxylation is 5. The van der Waals surface area contributed by atoms with Crippen molar-refractivity contribution in [3.63, 3.8) is 0 Å². The third-order valence-electron chi connectivity index (χ3n) is 26.3. The lowest BCUT2D eigenvalue weighted by atomic mass is 10.1. The van der Waals surface area contributed by atoms with E-state index >= 15 is 0 Å². The second-order valence-electron chi connectivity index (χ2n) is 35.5. The van der Waals surface area contributed by atoms with Crippen molar-refractivity contribution in [1.82, 2.24) is 39.9 Å². The van der Waals surface area contributed by atoms with E-state index in [1.807, 2.05) is 205 Å². The van der Waals surface area contributed by atoms with Crippen LogP contribution in [-0.2, 0) is 0 Å². The normalized spacial score (nSPS) is 17.9. The molecule has 0 amide bonds. The lowest BCUT2D eigenvalue weighted by Gasteiger charge is -2.33. The summed E-state index contributed by atoms with van der Waals surface area (Å²) in [4.78, 5) is 56.6. The summed E-state index contributed by atoms with van der Waals surface area (Å²) in [6.07, 6.45) is 12.6. The molecule has 23 nitrogen and oxygen atoms in total. The van der Waals surface area contributed by atoms with Crippen molar-refractivity contribution in [1.29, 1.82) is 0 Å². The van der Waals surface area contributed by atoms with E-state index in [1.165, 1.54) is 11.1 Å². The van der Waals surface area contributed by atoms with E-state index in [1.54, 1.807) is 43.4 Å². The minimum absolute atomic E-state index is 0.0603. The predicted molar refractivity (Wildman–Crippen MR) is 544 cm³/mol. The Morgan fingerprint density at radius 1 is 0.241 bits per heavy atom. The van der Waals surface area contributed by atoms with Crippen LogP contribution in [0.3, 0.4) is 0 Å². The van der Waals surface area contributed by atoms with Gasteiger partial charge in [0.25, 0.3) is 0 Å². The van der Waals surface area contributed by atoms with Gasteiger partial charge in [-0.1, -0.05) is 152 Å². The van der Waals surface area contributed by atoms with Crippen molar-refractivity contribution in [2.75, 3.05) is 56.0 Å². The number of hydrogen-bond donors (Lipinski definition) is 0. The standard InChI is InChI=1S/2C23H23N3O.2C22H22N4O.C20H18N4O/c2*1-14(2)25-16(4)26(19-9-7-13-24-23(19)25)21-15(3)11-12-18-17-8-5-6-10-20(17)27-22(18)21;2*1-13(2)25-15(4)26(22-21(25)23-11-12-24-22)19-14(3)9-10-17-16-7-5-6-8-18(16)27-20(17)19;1-12-8-9-15-14-6-4-5-7-16(14)25-18(15)17(12)24-13(2)23(3)19-20(24)22-11-10-21-19/h2*5-14,16H,1-4H3;2*5-13,15H,1-4H3;4-11,13H,1-3H3/i2*14D;2*13D;3D3. The van der Waals surface area contributed by atoms with E-state index in [0.717, 1.165) is 212 Å². The number of nitrogens with zero attached hydrogens (tertiary/aromatic N) is 18. The van der Waals surface area contributed by atoms with Gasteiger partial charge in [0, 0.05) is 139 Å². The average Bonchev–Trinajstić information content (AvgIpc) is 1.59. The lowest BCUT2D eigenvalue weighted by molar-refractivity contribution is 0.598. The number of furan rings is 5. The predicted octanol–water partition coefficient (Wildman–Crippen LogP) is 27.4. The zero-order valence-corrected chi connectivity index (χ0v) is 77.7. The van der Waals surface area contributed by atoms with Crippen LogP contribution in [0.1, 0.15) is 127 Å². The van der Waals surface area contributed by atoms with E-state index in [0.29, 0.717) is 11.6 Å². The van der Waals surface area contributed by atoms with Crippen LogP contribution in [0.2, 0.25) is 0 Å². The second-order valence-corrected chi connectivity index (χ2v) is 35.5. The monoisotopic (exact) mass is 1770 g/mol. The molecule has 10 aromatic heterocycles. The molecule has 5 atom stereocenters. The first-order valence-corrected chi connectivity index (χ1v) is 45.2. The van der Waals surface area contributed by atoms with Crippen molar-refractivity contribution in [3.05, 3.63) is 284 Å². The maximum Gasteiger partial charge on any atom is 0.178 e. The molecule has 15 heterocycles. The van der Waals surface area contributed by atoms with Gasteiger partial charge in [0.15, 0.2) is 74.5 Å². The first kappa shape index (κ1) is 76.6. The molecular formula is C110H108N18O5. The third kappa shape index (κ3) is 13.6. The maximum absolute atomic E-state index is 8.68. The maximum atomic E-state index is 8.68. The molecule has 0 N–H and O–H groups in total. The van der Waals surface area contributed by atoms with Gasteiger partial charge in [0.05, 0.1) is 45.3 Å². The summed E-state index contributed by atoms with van der Waals surface area (Å²) in [5, 5.41) is 10.8. The van der Waals surface area contributed by atoms with Crippen LogP contribution in [0.15, 0.2) is 278 Å². The van der Waals surface area contributed by atoms with Gasteiger partial charge in [-0.2, -0.15) is 0 Å². The van der Waals surface area contributed by atoms with Crippen LogP contribution in [0, 0.1) is 34.6 Å². The fraction of sp³-hybridized carbons (Fsp3) is 0.255. The number of anilines is 15. The summed E-state index contributed by atoms with van der Waals surface area (Å²) in [6.45, 7) is 33.4. The van der Waals surface area contributed by atoms with Crippen molar-refractivity contribution >= 4 is 196 Å². The van der Waals surface area contributed by atoms with Crippen LogP contribution >= 0.6 is 0 Å². The highest BCUT2D eigenvalue weighted by Gasteiger charge is 2.45. The molecule has 0 saturated heterocycles. The molecule has 668 valence electrons. The van der Waals surface area contributed by atoms with Crippen molar-refractivity contribution in [3.8, 4) is 0 Å². The molecule has 0 fully saturated rings. The molecule has 25 rings (SSSR count). The molecule has 5 aliphatic heterocycles. The zero-order chi connectivity index (χ0) is 98.1. The summed E-state index contributed by atoms with van der Waals surface area (Å²) >= 11 is 0. The SMILES string of the molecule is [2H]C(C)(C)N1c2ncccc2N(c2c(C)ccc3c2oc2ccccc23)C1C.[2H]C(C)(C)N1c2ncccc2N(c2c(C)ccc3c2oc2ccccc23)C1C.[2H]C(C)(C)N1c2nccnc2N(c2c(C)ccc3c2oc2ccccc23)C1C.[2H]C(C)(C)N1c2nccnc2N(c2c(C)ccc3c2oc2ccccc23)C1C.[2H]C([2H])([2H])N1c2nccnc2N(c2c(C)ccc3c2oc2ccccc23)C1C. The van der Waals surface area contributed by atoms with E-state index in [2.05, 4.69) is 210 Å². The fourth-order valence-electron chi connectivity index (χ4n) is 20.6. The van der Waals surface area contributed by atoms with Gasteiger partial charge in [0.2, 0.25) is 0 Å². The van der Waals surface area contributed by atoms with E-state index in [-0.39, 0.29) is 24.7 Å². The number of aromatic nitrogens is 8. The largest absolute Gasteiger partial charge is 0.454 e. The molecule has 5 unspecified atom stereocenters. The summed E-state index contributed by atoms with van der Waals surface area (Å²) < 4.78 is 90.1. The van der Waals surface area contributed by atoms with Gasteiger partial charge >= 0.3 is 0 Å². The smallest absolute Gasteiger partial charge is 0.178 e. The van der Waals surface area contributed by atoms with Crippen LogP contribution in [0.4, 0.5) is 86.4 Å². The van der Waals surface area contributed by atoms with Crippen LogP contribution in [0.25, 0.3) is 110 Å². The summed E-state index contributed by atoms with van der Waals surface area (Å²) in [7, 11) is 0. The second kappa shape index (κ2) is 33.3. The van der Waals surface area contributed by atoms with Crippen molar-refractivity contribution in [2.45, 2.75) is 180 Å². The van der Waals surface area contributed by atoms with Gasteiger partial charge in [-0.15, -0.1) is 0 Å². The van der Waals surface area contributed by atoms with Crippen molar-refractivity contribution in [2.24, 2.45) is 0 Å². The Kier molecular flexibility index (Phi) is 19.2. The van der Waals surface area contributed by atoms with E-state index in [4.69, 9.17) is 31.7 Å². The Balaban J connectivity index is 0.000000104. The van der Waals surface area contributed by atoms with Crippen LogP contribution in [0.5, 0.6) is 0 Å². The summed E-state index contributed by atoms with van der Waals surface area (Å²) in [5.41, 5.74) is 20.8. The molecular weight excluding hydrogens is 1650 g/mol. The number of rotatable bonds is 9. The number of para-hydroxylation sites is 5. The first-order valence-electron chi connectivity index (χ1n) is 48.7. The molecule has 10 aromatic carbocycles. The Bertz CT molecular complexity index is 7170. The summed E-state index contributed by atoms with van der Waals surface area (Å²) in [6, 6.07) is 66.3. The highest BCUT2D eigenvalue weighted by molar-refractivity contribution is 6.16. The number of benzene rings is 10. The molecule has 0 bridgehead atoms. The van der Waals surface area contributed by atoms with Gasteiger partial charge in [-0.25, -0.2) is 39.9 Å². The zero-order valence-electron chi connectivity index (χ0n) is 84.7. The third-order valence-corrected chi connectivity index (χ3v) is 26.3. The van der Waals surface area contributed by atoms with Gasteiger partial charge in [-0.3, -0.25) is 14.7 Å². The van der Waals surface area contributed by atoms with Gasteiger partial charge in [-0.05, 0) is 207 Å².